The molecule has 0 aromatic heterocycles. The number of carbonyl (C=O) groups is 1. The molecule has 1 unspecified atom stereocenters. The summed E-state index contributed by atoms with van der Waals surface area (Å²) in [6.45, 7) is 2.16. The molecule has 3 N–H and O–H groups in total. The standard InChI is InChI=1S/C28H34N2O6S/c1-2-3-4-5-6-10-19(11-7-8-18-31)20-15-17-24(32)26(28(20)34)30-29-23-16-14-21-22(27(23)33)12-9-13-25(21)37(35)36/h9,12,14-19,32-34H,2-8,10-11,13H2,1H3. The van der Waals surface area contributed by atoms with E-state index < -0.39 is 10.3 Å². The Morgan fingerprint density at radius 3 is 2.43 bits per heavy atom. The first-order chi connectivity index (χ1) is 17.9. The summed E-state index contributed by atoms with van der Waals surface area (Å²) in [6.07, 6.45) is 12.7. The van der Waals surface area contributed by atoms with E-state index in [1.165, 1.54) is 18.6 Å². The Bertz CT molecular complexity index is 1310. The summed E-state index contributed by atoms with van der Waals surface area (Å²) in [7, 11) is -2.42. The number of fused-ring (bicyclic) bond motifs is 1. The first kappa shape index (κ1) is 28.1. The minimum Gasteiger partial charge on any atom is -0.505 e. The second-order valence-electron chi connectivity index (χ2n) is 9.23. The number of hydrogen-bond donors (Lipinski definition) is 3. The first-order valence-electron chi connectivity index (χ1n) is 12.8. The molecule has 0 saturated heterocycles. The third-order valence-corrected chi connectivity index (χ3v) is 7.46. The van der Waals surface area contributed by atoms with Gasteiger partial charge in [0.15, 0.2) is 11.4 Å². The highest BCUT2D eigenvalue weighted by atomic mass is 32.2. The molecule has 198 valence electrons. The summed E-state index contributed by atoms with van der Waals surface area (Å²) in [5, 5.41) is 40.3. The van der Waals surface area contributed by atoms with Gasteiger partial charge < -0.3 is 20.1 Å². The van der Waals surface area contributed by atoms with Crippen molar-refractivity contribution in [3.63, 3.8) is 0 Å². The van der Waals surface area contributed by atoms with E-state index in [1.807, 2.05) is 0 Å². The molecule has 0 fully saturated rings. The lowest BCUT2D eigenvalue weighted by Gasteiger charge is -2.19. The van der Waals surface area contributed by atoms with E-state index in [2.05, 4.69) is 17.2 Å². The fourth-order valence-electron chi connectivity index (χ4n) is 4.65. The Labute approximate surface area is 218 Å². The van der Waals surface area contributed by atoms with E-state index in [-0.39, 0.29) is 45.8 Å². The van der Waals surface area contributed by atoms with Crippen molar-refractivity contribution >= 4 is 38.9 Å². The van der Waals surface area contributed by atoms with Crippen LogP contribution in [0.4, 0.5) is 11.4 Å². The highest BCUT2D eigenvalue weighted by molar-refractivity contribution is 7.73. The molecule has 0 aliphatic heterocycles. The Morgan fingerprint density at radius 1 is 0.946 bits per heavy atom. The van der Waals surface area contributed by atoms with Crippen molar-refractivity contribution < 1.29 is 28.5 Å². The number of aromatic hydroxyl groups is 3. The van der Waals surface area contributed by atoms with Crippen LogP contribution in [0.1, 0.15) is 93.7 Å². The lowest BCUT2D eigenvalue weighted by molar-refractivity contribution is -0.107. The summed E-state index contributed by atoms with van der Waals surface area (Å²) >= 11 is 0. The highest BCUT2D eigenvalue weighted by Gasteiger charge is 2.21. The van der Waals surface area contributed by atoms with Gasteiger partial charge in [-0.05, 0) is 42.9 Å². The van der Waals surface area contributed by atoms with E-state index in [0.29, 0.717) is 29.5 Å². The lowest BCUT2D eigenvalue weighted by atomic mass is 9.87. The Hall–Kier alpha value is -3.46. The second-order valence-corrected chi connectivity index (χ2v) is 10.2. The van der Waals surface area contributed by atoms with Gasteiger partial charge in [-0.15, -0.1) is 10.2 Å². The maximum atomic E-state index is 11.5. The average Bonchev–Trinajstić information content (AvgIpc) is 2.88. The number of benzene rings is 2. The van der Waals surface area contributed by atoms with Crippen LogP contribution in [0.5, 0.6) is 17.2 Å². The van der Waals surface area contributed by atoms with Crippen molar-refractivity contribution in [1.82, 2.24) is 0 Å². The van der Waals surface area contributed by atoms with Crippen LogP contribution >= 0.6 is 0 Å². The molecule has 0 saturated carbocycles. The molecule has 9 heteroatoms. The maximum Gasteiger partial charge on any atom is 0.218 e. The number of nitrogens with zero attached hydrogens (tertiary/aromatic N) is 2. The van der Waals surface area contributed by atoms with Crippen LogP contribution in [0.25, 0.3) is 6.08 Å². The third kappa shape index (κ3) is 7.07. The molecule has 0 amide bonds. The second kappa shape index (κ2) is 13.7. The number of unbranched alkanes of at least 4 members (excludes halogenated alkanes) is 5. The predicted molar refractivity (Wildman–Crippen MR) is 145 cm³/mol. The summed E-state index contributed by atoms with van der Waals surface area (Å²) < 4.78 is 23.0. The molecule has 1 aliphatic rings. The van der Waals surface area contributed by atoms with Crippen molar-refractivity contribution in [2.75, 3.05) is 0 Å². The van der Waals surface area contributed by atoms with E-state index in [0.717, 1.165) is 44.8 Å². The molecule has 1 atom stereocenters. The van der Waals surface area contributed by atoms with Gasteiger partial charge in [0.2, 0.25) is 10.3 Å². The van der Waals surface area contributed by atoms with Gasteiger partial charge in [0.1, 0.15) is 23.5 Å². The Morgan fingerprint density at radius 2 is 1.70 bits per heavy atom. The molecular formula is C28H34N2O6S. The fraction of sp³-hybridized carbons (Fsp3) is 0.429. The van der Waals surface area contributed by atoms with Gasteiger partial charge in [0, 0.05) is 24.0 Å². The van der Waals surface area contributed by atoms with E-state index >= 15 is 0 Å². The Kier molecular flexibility index (Phi) is 10.4. The fourth-order valence-corrected chi connectivity index (χ4v) is 5.24. The maximum absolute atomic E-state index is 11.5. The van der Waals surface area contributed by atoms with Crippen molar-refractivity contribution in [3.05, 3.63) is 47.0 Å². The quantitative estimate of drug-likeness (QED) is 0.113. The monoisotopic (exact) mass is 526 g/mol. The molecule has 3 rings (SSSR count). The summed E-state index contributed by atoms with van der Waals surface area (Å²) in [5.41, 5.74) is 1.33. The molecule has 0 spiro atoms. The normalized spacial score (nSPS) is 13.6. The first-order valence-corrected chi connectivity index (χ1v) is 13.8. The molecule has 0 bridgehead atoms. The predicted octanol–water partition coefficient (Wildman–Crippen LogP) is 6.85. The van der Waals surface area contributed by atoms with Gasteiger partial charge in [-0.3, -0.25) is 0 Å². The van der Waals surface area contributed by atoms with Crippen LogP contribution in [-0.2, 0) is 15.1 Å². The van der Waals surface area contributed by atoms with Gasteiger partial charge in [-0.2, -0.15) is 8.42 Å². The van der Waals surface area contributed by atoms with Crippen LogP contribution < -0.4 is 0 Å². The van der Waals surface area contributed by atoms with E-state index in [9.17, 15) is 28.5 Å². The topological polar surface area (TPSA) is 137 Å². The van der Waals surface area contributed by atoms with Gasteiger partial charge in [-0.25, -0.2) is 0 Å². The van der Waals surface area contributed by atoms with Crippen LogP contribution in [0.2, 0.25) is 0 Å². The molecule has 8 nitrogen and oxygen atoms in total. The number of phenols is 3. The zero-order chi connectivity index (χ0) is 26.8. The summed E-state index contributed by atoms with van der Waals surface area (Å²) in [6, 6.07) is 6.15. The molecular weight excluding hydrogens is 492 g/mol. The molecule has 2 aromatic carbocycles. The zero-order valence-electron chi connectivity index (χ0n) is 21.1. The molecule has 37 heavy (non-hydrogen) atoms. The molecule has 1 aliphatic carbocycles. The molecule has 0 heterocycles. The van der Waals surface area contributed by atoms with E-state index in [1.54, 1.807) is 24.3 Å². The van der Waals surface area contributed by atoms with Gasteiger partial charge >= 0.3 is 0 Å². The average molecular weight is 527 g/mol. The summed E-state index contributed by atoms with van der Waals surface area (Å²) in [5.74, 6) is -0.674. The lowest BCUT2D eigenvalue weighted by Crippen LogP contribution is -2.07. The van der Waals surface area contributed by atoms with Crippen LogP contribution in [0.3, 0.4) is 0 Å². The number of aldehydes is 1. The van der Waals surface area contributed by atoms with Gasteiger partial charge in [0.25, 0.3) is 0 Å². The zero-order valence-corrected chi connectivity index (χ0v) is 21.9. The number of azo groups is 1. The third-order valence-electron chi connectivity index (χ3n) is 6.67. The minimum atomic E-state index is -2.42. The largest absolute Gasteiger partial charge is 0.505 e. The highest BCUT2D eigenvalue weighted by Crippen LogP contribution is 2.45. The molecule has 2 aromatic rings. The van der Waals surface area contributed by atoms with E-state index in [4.69, 9.17) is 0 Å². The number of rotatable bonds is 13. The summed E-state index contributed by atoms with van der Waals surface area (Å²) in [4.78, 5) is 11.0. The SMILES string of the molecule is CCCCCCCC(CCCC=O)c1ccc(O)c(N=Nc2ccc3c(c2O)C=CCC3=S(=O)=O)c1O. The van der Waals surface area contributed by atoms with Gasteiger partial charge in [-0.1, -0.05) is 63.3 Å². The number of phenolic OH excluding ortho intramolecular Hbond substituents is 3. The van der Waals surface area contributed by atoms with Crippen molar-refractivity contribution in [3.8, 4) is 17.2 Å². The van der Waals surface area contributed by atoms with Crippen LogP contribution in [-0.4, -0.2) is 34.9 Å². The Balaban J connectivity index is 1.90. The number of hydrogen-bond acceptors (Lipinski definition) is 8. The van der Waals surface area contributed by atoms with Gasteiger partial charge in [0.05, 0.1) is 4.86 Å². The number of carbonyl (C=O) groups excluding carboxylic acids is 1. The smallest absolute Gasteiger partial charge is 0.218 e. The van der Waals surface area contributed by atoms with Crippen molar-refractivity contribution in [2.45, 2.75) is 77.0 Å². The van der Waals surface area contributed by atoms with Crippen LogP contribution in [0, 0.1) is 0 Å². The van der Waals surface area contributed by atoms with Crippen LogP contribution in [0.15, 0.2) is 40.6 Å². The van der Waals surface area contributed by atoms with Crippen molar-refractivity contribution in [1.29, 1.82) is 0 Å². The molecule has 0 radical (unpaired) electrons. The number of allylic oxidation sites excluding steroid dienone is 1. The minimum absolute atomic E-state index is 0.000306. The van der Waals surface area contributed by atoms with Crippen molar-refractivity contribution in [2.24, 2.45) is 10.2 Å².